The number of nitrogens with zero attached hydrogens (tertiary/aromatic N) is 2. The Kier molecular flexibility index (Phi) is 7.22. The average molecular weight is 480 g/mol. The predicted molar refractivity (Wildman–Crippen MR) is 128 cm³/mol. The molecule has 0 unspecified atom stereocenters. The Morgan fingerprint density at radius 2 is 1.88 bits per heavy atom. The molecule has 8 heteroatoms. The number of nitrogens with one attached hydrogen (secondary N) is 1. The zero-order chi connectivity index (χ0) is 23.2. The van der Waals surface area contributed by atoms with Crippen LogP contribution in [0.2, 0.25) is 5.02 Å². The summed E-state index contributed by atoms with van der Waals surface area (Å²) in [5.74, 6) is -0.0497. The van der Waals surface area contributed by atoms with Gasteiger partial charge < -0.3 is 14.7 Å². The van der Waals surface area contributed by atoms with Gasteiger partial charge in [-0.3, -0.25) is 9.59 Å². The number of hydrogen-bond donors (Lipinski definition) is 1. The van der Waals surface area contributed by atoms with E-state index in [-0.39, 0.29) is 24.1 Å². The summed E-state index contributed by atoms with van der Waals surface area (Å²) < 4.78 is 5.39. The van der Waals surface area contributed by atoms with E-state index in [0.717, 1.165) is 16.0 Å². The van der Waals surface area contributed by atoms with Crippen LogP contribution in [0.5, 0.6) is 0 Å². The molecule has 2 heterocycles. The second-order valence-electron chi connectivity index (χ2n) is 7.60. The number of carbonyl (C=O) groups excluding carboxylic acids is 2. The van der Waals surface area contributed by atoms with Gasteiger partial charge in [-0.2, -0.15) is 0 Å². The fraction of sp³-hybridized carbons (Fsp3) is 0.160. The summed E-state index contributed by atoms with van der Waals surface area (Å²) in [6.07, 6.45) is 0. The normalized spacial score (nSPS) is 10.7. The smallest absolute Gasteiger partial charge is 0.273 e. The summed E-state index contributed by atoms with van der Waals surface area (Å²) in [7, 11) is 0. The minimum Gasteiger partial charge on any atom is -0.359 e. The molecule has 0 spiro atoms. The zero-order valence-corrected chi connectivity index (χ0v) is 19.5. The molecule has 1 N–H and O–H groups in total. The number of rotatable bonds is 8. The number of benzene rings is 2. The zero-order valence-electron chi connectivity index (χ0n) is 18.0. The Bertz CT molecular complexity index is 1240. The first-order valence-electron chi connectivity index (χ1n) is 10.3. The standard InChI is InChI=1S/C25H22ClN3O3S/c1-17-7-9-19(10-8-17)25(31)29(16-22-6-3-11-33-22)15-21-13-23(28-32-21)24(30)27-14-18-4-2-5-20(26)12-18/h2-13H,14-16H2,1H3,(H,27,30). The molecule has 0 radical (unpaired) electrons. The van der Waals surface area contributed by atoms with Crippen molar-refractivity contribution in [2.24, 2.45) is 0 Å². The summed E-state index contributed by atoms with van der Waals surface area (Å²) in [5, 5.41) is 9.27. The van der Waals surface area contributed by atoms with Crippen LogP contribution in [0.1, 0.15) is 42.6 Å². The third-order valence-electron chi connectivity index (χ3n) is 4.99. The van der Waals surface area contributed by atoms with Crippen molar-refractivity contribution in [2.45, 2.75) is 26.6 Å². The SMILES string of the molecule is Cc1ccc(C(=O)N(Cc2cc(C(=O)NCc3cccc(Cl)c3)no2)Cc2cccs2)cc1. The van der Waals surface area contributed by atoms with Gasteiger partial charge in [0.25, 0.3) is 11.8 Å². The topological polar surface area (TPSA) is 75.4 Å². The third kappa shape index (κ3) is 6.09. The Morgan fingerprint density at radius 1 is 1.06 bits per heavy atom. The van der Waals surface area contributed by atoms with Gasteiger partial charge in [0.1, 0.15) is 0 Å². The Balaban J connectivity index is 1.45. The Hall–Kier alpha value is -3.42. The molecular weight excluding hydrogens is 458 g/mol. The number of hydrogen-bond acceptors (Lipinski definition) is 5. The fourth-order valence-corrected chi connectivity index (χ4v) is 4.20. The number of amides is 2. The molecule has 0 aliphatic heterocycles. The molecule has 0 saturated heterocycles. The van der Waals surface area contributed by atoms with Gasteiger partial charge in [0.15, 0.2) is 11.5 Å². The van der Waals surface area contributed by atoms with Crippen LogP contribution in [-0.4, -0.2) is 21.9 Å². The van der Waals surface area contributed by atoms with Gasteiger partial charge in [0.2, 0.25) is 0 Å². The third-order valence-corrected chi connectivity index (χ3v) is 6.09. The molecule has 6 nitrogen and oxygen atoms in total. The highest BCUT2D eigenvalue weighted by Crippen LogP contribution is 2.18. The van der Waals surface area contributed by atoms with E-state index in [4.69, 9.17) is 16.1 Å². The van der Waals surface area contributed by atoms with E-state index in [9.17, 15) is 9.59 Å². The van der Waals surface area contributed by atoms with Crippen LogP contribution in [0.25, 0.3) is 0 Å². The lowest BCUT2D eigenvalue weighted by atomic mass is 10.1. The lowest BCUT2D eigenvalue weighted by Crippen LogP contribution is -2.29. The summed E-state index contributed by atoms with van der Waals surface area (Å²) in [5.41, 5.74) is 2.72. The van der Waals surface area contributed by atoms with Gasteiger partial charge in [-0.1, -0.05) is 52.7 Å². The highest BCUT2D eigenvalue weighted by Gasteiger charge is 2.20. The molecule has 2 aromatic carbocycles. The second-order valence-corrected chi connectivity index (χ2v) is 9.07. The second kappa shape index (κ2) is 10.5. The van der Waals surface area contributed by atoms with Crippen LogP contribution in [0.15, 0.2) is 76.6 Å². The molecule has 4 aromatic rings. The number of thiophene rings is 1. The maximum atomic E-state index is 13.2. The van der Waals surface area contributed by atoms with Crippen molar-refractivity contribution in [2.75, 3.05) is 0 Å². The maximum Gasteiger partial charge on any atom is 0.273 e. The fourth-order valence-electron chi connectivity index (χ4n) is 3.27. The van der Waals surface area contributed by atoms with Crippen LogP contribution >= 0.6 is 22.9 Å². The summed E-state index contributed by atoms with van der Waals surface area (Å²) in [6, 6.07) is 20.2. The van der Waals surface area contributed by atoms with Gasteiger partial charge in [-0.05, 0) is 48.2 Å². The summed E-state index contributed by atoms with van der Waals surface area (Å²) in [6.45, 7) is 2.92. The molecule has 0 aliphatic rings. The first-order chi connectivity index (χ1) is 16.0. The van der Waals surface area contributed by atoms with Gasteiger partial charge >= 0.3 is 0 Å². The van der Waals surface area contributed by atoms with E-state index in [1.807, 2.05) is 60.8 Å². The first kappa shape index (κ1) is 22.8. The lowest BCUT2D eigenvalue weighted by molar-refractivity contribution is 0.0715. The van der Waals surface area contributed by atoms with Gasteiger partial charge in [0.05, 0.1) is 13.1 Å². The summed E-state index contributed by atoms with van der Waals surface area (Å²) in [4.78, 5) is 28.4. The highest BCUT2D eigenvalue weighted by molar-refractivity contribution is 7.09. The van der Waals surface area contributed by atoms with Crippen LogP contribution < -0.4 is 5.32 Å². The van der Waals surface area contributed by atoms with Crippen LogP contribution in [0, 0.1) is 6.92 Å². The van der Waals surface area contributed by atoms with E-state index < -0.39 is 0 Å². The van der Waals surface area contributed by atoms with Gasteiger partial charge in [-0.15, -0.1) is 11.3 Å². The largest absolute Gasteiger partial charge is 0.359 e. The van der Waals surface area contributed by atoms with Crippen molar-refractivity contribution in [3.05, 3.63) is 110 Å². The molecule has 0 saturated carbocycles. The minimum absolute atomic E-state index is 0.119. The van der Waals surface area contributed by atoms with Crippen molar-refractivity contribution < 1.29 is 14.1 Å². The molecule has 4 rings (SSSR count). The quantitative estimate of drug-likeness (QED) is 0.363. The number of carbonyl (C=O) groups is 2. The highest BCUT2D eigenvalue weighted by atomic mass is 35.5. The van der Waals surface area contributed by atoms with E-state index in [2.05, 4.69) is 10.5 Å². The minimum atomic E-state index is -0.361. The van der Waals surface area contributed by atoms with Crippen molar-refractivity contribution in [1.82, 2.24) is 15.4 Å². The first-order valence-corrected chi connectivity index (χ1v) is 11.6. The molecule has 33 heavy (non-hydrogen) atoms. The molecular formula is C25H22ClN3O3S. The molecule has 168 valence electrons. The number of aromatic nitrogens is 1. The molecule has 0 fully saturated rings. The summed E-state index contributed by atoms with van der Waals surface area (Å²) >= 11 is 7.56. The average Bonchev–Trinajstić information content (AvgIpc) is 3.49. The molecule has 0 bridgehead atoms. The number of aryl methyl sites for hydroxylation is 1. The van der Waals surface area contributed by atoms with Crippen molar-refractivity contribution in [3.63, 3.8) is 0 Å². The van der Waals surface area contributed by atoms with E-state index in [0.29, 0.717) is 29.4 Å². The lowest BCUT2D eigenvalue weighted by Gasteiger charge is -2.21. The Morgan fingerprint density at radius 3 is 2.61 bits per heavy atom. The van der Waals surface area contributed by atoms with E-state index in [1.165, 1.54) is 0 Å². The Labute approximate surface area is 200 Å². The van der Waals surface area contributed by atoms with Crippen LogP contribution in [-0.2, 0) is 19.6 Å². The van der Waals surface area contributed by atoms with Crippen molar-refractivity contribution >= 4 is 34.8 Å². The predicted octanol–water partition coefficient (Wildman–Crippen LogP) is 5.47. The molecule has 2 amide bonds. The van der Waals surface area contributed by atoms with E-state index >= 15 is 0 Å². The van der Waals surface area contributed by atoms with Crippen LogP contribution in [0.3, 0.4) is 0 Å². The van der Waals surface area contributed by atoms with Gasteiger partial charge in [-0.25, -0.2) is 0 Å². The van der Waals surface area contributed by atoms with E-state index in [1.54, 1.807) is 34.4 Å². The van der Waals surface area contributed by atoms with Crippen LogP contribution in [0.4, 0.5) is 0 Å². The monoisotopic (exact) mass is 479 g/mol. The molecule has 2 aromatic heterocycles. The maximum absolute atomic E-state index is 13.2. The molecule has 0 atom stereocenters. The molecule has 0 aliphatic carbocycles. The van der Waals surface area contributed by atoms with Crippen molar-refractivity contribution in [1.29, 1.82) is 0 Å². The number of halogens is 1. The van der Waals surface area contributed by atoms with Crippen molar-refractivity contribution in [3.8, 4) is 0 Å². The van der Waals surface area contributed by atoms with Gasteiger partial charge in [0, 0.05) is 28.1 Å².